The minimum atomic E-state index is -0.220. The van der Waals surface area contributed by atoms with E-state index in [-0.39, 0.29) is 17.8 Å². The molecule has 0 saturated heterocycles. The van der Waals surface area contributed by atoms with Crippen molar-refractivity contribution in [1.29, 1.82) is 0 Å². The van der Waals surface area contributed by atoms with Crippen LogP contribution in [0.1, 0.15) is 0 Å². The molecule has 1 aromatic heterocycles. The molecule has 3 aromatic rings. The van der Waals surface area contributed by atoms with E-state index in [0.717, 1.165) is 21.9 Å². The smallest absolute Gasteiger partial charge is 0.230 e. The Morgan fingerprint density at radius 1 is 1.33 bits per heavy atom. The number of aromatic nitrogens is 2. The van der Waals surface area contributed by atoms with Crippen LogP contribution in [0.2, 0.25) is 5.02 Å². The Bertz CT molecular complexity index is 1040. The van der Waals surface area contributed by atoms with Gasteiger partial charge in [-0.05, 0) is 30.3 Å². The van der Waals surface area contributed by atoms with Gasteiger partial charge in [-0.2, -0.15) is 0 Å². The second-order valence-corrected chi connectivity index (χ2v) is 8.14. The summed E-state index contributed by atoms with van der Waals surface area (Å²) in [6.07, 6.45) is -0.220. The highest BCUT2D eigenvalue weighted by Gasteiger charge is 2.21. The van der Waals surface area contributed by atoms with Gasteiger partial charge in [0.2, 0.25) is 5.91 Å². The number of nitrogens with zero attached hydrogens (tertiary/aromatic N) is 2. The second-order valence-electron chi connectivity index (χ2n) is 6.76. The van der Waals surface area contributed by atoms with Gasteiger partial charge in [0.05, 0.1) is 29.9 Å². The number of nitrogens with one attached hydrogen (secondary N) is 1. The van der Waals surface area contributed by atoms with E-state index >= 15 is 0 Å². The number of carbonyl (C=O) groups is 1. The molecule has 1 aliphatic rings. The summed E-state index contributed by atoms with van der Waals surface area (Å²) in [6, 6.07) is 13.1. The Balaban J connectivity index is 1.34. The zero-order valence-corrected chi connectivity index (χ0v) is 18.0. The number of amides is 1. The number of carbonyl (C=O) groups excluding carboxylic acids is 1. The molecule has 0 unspecified atom stereocenters. The molecule has 0 radical (unpaired) electrons. The summed E-state index contributed by atoms with van der Waals surface area (Å²) in [5.74, 6) is 1.58. The highest BCUT2D eigenvalue weighted by atomic mass is 35.5. The predicted octanol–water partition coefficient (Wildman–Crippen LogP) is 3.38. The Morgan fingerprint density at radius 2 is 2.17 bits per heavy atom. The first-order chi connectivity index (χ1) is 14.6. The van der Waals surface area contributed by atoms with Crippen molar-refractivity contribution < 1.29 is 19.0 Å². The maximum absolute atomic E-state index is 12.4. The fraction of sp³-hybridized carbons (Fsp3) is 0.333. The van der Waals surface area contributed by atoms with Crippen LogP contribution in [0.15, 0.2) is 47.6 Å². The number of benzene rings is 2. The van der Waals surface area contributed by atoms with Gasteiger partial charge in [0.25, 0.3) is 0 Å². The van der Waals surface area contributed by atoms with Crippen molar-refractivity contribution in [3.8, 4) is 11.5 Å². The molecule has 1 N–H and O–H groups in total. The molecule has 7 nitrogen and oxygen atoms in total. The lowest BCUT2D eigenvalue weighted by Gasteiger charge is -2.26. The number of fused-ring (bicyclic) bond motifs is 2. The first kappa shape index (κ1) is 20.8. The molecule has 1 aliphatic heterocycles. The highest BCUT2D eigenvalue weighted by Crippen LogP contribution is 2.30. The van der Waals surface area contributed by atoms with E-state index in [9.17, 15) is 4.79 Å². The van der Waals surface area contributed by atoms with Crippen molar-refractivity contribution in [2.45, 2.75) is 17.8 Å². The molecule has 4 rings (SSSR count). The maximum atomic E-state index is 12.4. The summed E-state index contributed by atoms with van der Waals surface area (Å²) in [5.41, 5.74) is 1.76. The molecule has 0 aliphatic carbocycles. The number of thioether (sulfide) groups is 1. The van der Waals surface area contributed by atoms with Gasteiger partial charge < -0.3 is 24.1 Å². The lowest BCUT2D eigenvalue weighted by molar-refractivity contribution is -0.119. The van der Waals surface area contributed by atoms with Gasteiger partial charge in [0.15, 0.2) is 16.7 Å². The normalized spacial score (nSPS) is 15.3. The van der Waals surface area contributed by atoms with Crippen LogP contribution in [0.4, 0.5) is 0 Å². The Morgan fingerprint density at radius 3 is 3.00 bits per heavy atom. The molecule has 1 atom stereocenters. The molecule has 0 spiro atoms. The van der Waals surface area contributed by atoms with Crippen molar-refractivity contribution in [2.75, 3.05) is 32.6 Å². The van der Waals surface area contributed by atoms with Gasteiger partial charge in [-0.1, -0.05) is 35.5 Å². The number of halogens is 1. The van der Waals surface area contributed by atoms with Crippen molar-refractivity contribution in [1.82, 2.24) is 14.9 Å². The summed E-state index contributed by atoms with van der Waals surface area (Å²) < 4.78 is 18.8. The van der Waals surface area contributed by atoms with Gasteiger partial charge >= 0.3 is 0 Å². The van der Waals surface area contributed by atoms with E-state index in [2.05, 4.69) is 10.3 Å². The minimum Gasteiger partial charge on any atom is -0.486 e. The number of para-hydroxylation sites is 2. The number of imidazole rings is 1. The largest absolute Gasteiger partial charge is 0.486 e. The summed E-state index contributed by atoms with van der Waals surface area (Å²) in [4.78, 5) is 17.0. The van der Waals surface area contributed by atoms with E-state index in [0.29, 0.717) is 37.1 Å². The van der Waals surface area contributed by atoms with Crippen molar-refractivity contribution >= 4 is 40.3 Å². The monoisotopic (exact) mass is 447 g/mol. The van der Waals surface area contributed by atoms with E-state index in [1.807, 2.05) is 47.0 Å². The molecule has 1 amide bonds. The van der Waals surface area contributed by atoms with E-state index in [1.165, 1.54) is 11.8 Å². The van der Waals surface area contributed by atoms with Crippen LogP contribution >= 0.6 is 23.4 Å². The Labute approximate surface area is 183 Å². The summed E-state index contributed by atoms with van der Waals surface area (Å²) in [7, 11) is 1.66. The first-order valence-corrected chi connectivity index (χ1v) is 10.9. The van der Waals surface area contributed by atoms with Crippen LogP contribution < -0.4 is 14.8 Å². The van der Waals surface area contributed by atoms with Gasteiger partial charge in [0, 0.05) is 18.7 Å². The van der Waals surface area contributed by atoms with Crippen LogP contribution in [0.5, 0.6) is 11.5 Å². The van der Waals surface area contributed by atoms with Gasteiger partial charge in [-0.25, -0.2) is 4.98 Å². The molecule has 0 bridgehead atoms. The molecular formula is C21H22ClN3O4S. The number of rotatable bonds is 8. The zero-order valence-electron chi connectivity index (χ0n) is 16.5. The Hall–Kier alpha value is -2.42. The molecule has 2 aromatic carbocycles. The van der Waals surface area contributed by atoms with E-state index in [1.54, 1.807) is 7.11 Å². The fourth-order valence-electron chi connectivity index (χ4n) is 3.16. The lowest BCUT2D eigenvalue weighted by atomic mass is 10.2. The van der Waals surface area contributed by atoms with E-state index < -0.39 is 0 Å². The van der Waals surface area contributed by atoms with Crippen molar-refractivity contribution in [3.05, 3.63) is 47.5 Å². The molecule has 9 heteroatoms. The Kier molecular flexibility index (Phi) is 6.66. The summed E-state index contributed by atoms with van der Waals surface area (Å²) >= 11 is 7.47. The van der Waals surface area contributed by atoms with Crippen molar-refractivity contribution in [3.63, 3.8) is 0 Å². The second kappa shape index (κ2) is 9.59. The summed E-state index contributed by atoms with van der Waals surface area (Å²) in [6.45, 7) is 1.97. The third kappa shape index (κ3) is 4.83. The molecule has 2 heterocycles. The minimum absolute atomic E-state index is 0.0918. The third-order valence-corrected chi connectivity index (χ3v) is 5.83. The molecular weight excluding hydrogens is 426 g/mol. The summed E-state index contributed by atoms with van der Waals surface area (Å²) in [5, 5.41) is 4.30. The number of hydrogen-bond acceptors (Lipinski definition) is 6. The van der Waals surface area contributed by atoms with Crippen LogP contribution in [-0.4, -0.2) is 54.2 Å². The zero-order chi connectivity index (χ0) is 20.9. The van der Waals surface area contributed by atoms with Gasteiger partial charge in [0.1, 0.15) is 12.7 Å². The van der Waals surface area contributed by atoms with Crippen LogP contribution in [0.25, 0.3) is 11.0 Å². The quantitative estimate of drug-likeness (QED) is 0.533. The standard InChI is InChI=1S/C21H22ClN3O4S/c1-27-9-8-25-17-7-6-14(22)10-16(17)24-21(25)30-13-20(26)23-11-15-12-28-18-4-2-3-5-19(18)29-15/h2-7,10,15H,8-9,11-13H2,1H3,(H,23,26)/t15-/m0/s1. The average Bonchev–Trinajstić information content (AvgIpc) is 3.10. The predicted molar refractivity (Wildman–Crippen MR) is 117 cm³/mol. The van der Waals surface area contributed by atoms with Gasteiger partial charge in [-0.15, -0.1) is 0 Å². The maximum Gasteiger partial charge on any atom is 0.230 e. The molecule has 30 heavy (non-hydrogen) atoms. The van der Waals surface area contributed by atoms with Crippen LogP contribution in [-0.2, 0) is 16.1 Å². The topological polar surface area (TPSA) is 74.6 Å². The molecule has 158 valence electrons. The highest BCUT2D eigenvalue weighted by molar-refractivity contribution is 7.99. The van der Waals surface area contributed by atoms with Crippen LogP contribution in [0.3, 0.4) is 0 Å². The first-order valence-electron chi connectivity index (χ1n) is 9.57. The lowest BCUT2D eigenvalue weighted by Crippen LogP contribution is -2.41. The van der Waals surface area contributed by atoms with Crippen LogP contribution in [0, 0.1) is 0 Å². The van der Waals surface area contributed by atoms with Crippen molar-refractivity contribution in [2.24, 2.45) is 0 Å². The fourth-order valence-corrected chi connectivity index (χ4v) is 4.20. The van der Waals surface area contributed by atoms with Gasteiger partial charge in [-0.3, -0.25) is 4.79 Å². The molecule has 0 saturated carbocycles. The number of methoxy groups -OCH3 is 1. The van der Waals surface area contributed by atoms with E-state index in [4.69, 9.17) is 25.8 Å². The third-order valence-electron chi connectivity index (χ3n) is 4.62. The number of hydrogen-bond donors (Lipinski definition) is 1. The SMILES string of the molecule is COCCn1c(SCC(=O)NC[C@H]2COc3ccccc3O2)nc2cc(Cl)ccc21. The average molecular weight is 448 g/mol. The number of ether oxygens (including phenoxy) is 3. The molecule has 0 fully saturated rings.